The lowest BCUT2D eigenvalue weighted by Gasteiger charge is -2.31. The lowest BCUT2D eigenvalue weighted by atomic mass is 9.92. The normalized spacial score (nSPS) is 16.2. The van der Waals surface area contributed by atoms with Crippen molar-refractivity contribution in [3.8, 4) is 0 Å². The van der Waals surface area contributed by atoms with E-state index in [1.54, 1.807) is 0 Å². The second-order valence-electron chi connectivity index (χ2n) is 6.80. The molecule has 0 unspecified atom stereocenters. The fraction of sp³-hybridized carbons (Fsp3) is 0.556. The predicted molar refractivity (Wildman–Crippen MR) is 93.2 cm³/mol. The van der Waals surface area contributed by atoms with E-state index >= 15 is 0 Å². The van der Waals surface area contributed by atoms with Gasteiger partial charge in [-0.25, -0.2) is 9.97 Å². The first-order valence-electron chi connectivity index (χ1n) is 8.75. The standard InChI is InChI=1S/C18H25N5O2/c1-13-20-16(3-4-18(24)25)9-17(21-13)15-5-7-23(8-6-15)12-14-10-19-22(2)11-14/h9-11,15H,3-8,12H2,1-2H3,(H,24,25). The molecule has 1 N–H and O–H groups in total. The molecule has 0 aromatic carbocycles. The molecule has 0 spiro atoms. The maximum absolute atomic E-state index is 10.8. The van der Waals surface area contributed by atoms with Gasteiger partial charge in [-0.2, -0.15) is 5.10 Å². The molecule has 1 aliphatic rings. The van der Waals surface area contributed by atoms with Gasteiger partial charge in [-0.15, -0.1) is 0 Å². The van der Waals surface area contributed by atoms with E-state index in [1.165, 1.54) is 5.56 Å². The molecule has 0 amide bonds. The molecular formula is C18H25N5O2. The smallest absolute Gasteiger partial charge is 0.303 e. The molecule has 3 rings (SSSR count). The van der Waals surface area contributed by atoms with E-state index in [1.807, 2.05) is 30.9 Å². The summed E-state index contributed by atoms with van der Waals surface area (Å²) in [6.07, 6.45) is 6.69. The number of hydrogen-bond acceptors (Lipinski definition) is 5. The second kappa shape index (κ2) is 7.74. The molecule has 25 heavy (non-hydrogen) atoms. The first-order valence-corrected chi connectivity index (χ1v) is 8.75. The highest BCUT2D eigenvalue weighted by Gasteiger charge is 2.22. The van der Waals surface area contributed by atoms with Crippen LogP contribution in [0.15, 0.2) is 18.5 Å². The van der Waals surface area contributed by atoms with Crippen LogP contribution in [-0.2, 0) is 24.8 Å². The molecule has 1 fully saturated rings. The lowest BCUT2D eigenvalue weighted by Crippen LogP contribution is -2.32. The van der Waals surface area contributed by atoms with Crippen molar-refractivity contribution >= 4 is 5.97 Å². The Morgan fingerprint density at radius 3 is 2.72 bits per heavy atom. The van der Waals surface area contributed by atoms with Crippen LogP contribution < -0.4 is 0 Å². The molecule has 0 radical (unpaired) electrons. The molecule has 3 heterocycles. The summed E-state index contributed by atoms with van der Waals surface area (Å²) in [6, 6.07) is 2.00. The molecule has 1 aliphatic heterocycles. The molecule has 1 saturated heterocycles. The number of nitrogens with zero attached hydrogens (tertiary/aromatic N) is 5. The van der Waals surface area contributed by atoms with Crippen LogP contribution in [0.1, 0.15) is 48.0 Å². The van der Waals surface area contributed by atoms with E-state index in [0.29, 0.717) is 12.3 Å². The van der Waals surface area contributed by atoms with Crippen molar-refractivity contribution in [3.05, 3.63) is 41.2 Å². The minimum atomic E-state index is -0.790. The van der Waals surface area contributed by atoms with Crippen LogP contribution in [0.25, 0.3) is 0 Å². The molecular weight excluding hydrogens is 318 g/mol. The number of piperidine rings is 1. The van der Waals surface area contributed by atoms with Gasteiger partial charge in [0.25, 0.3) is 0 Å². The lowest BCUT2D eigenvalue weighted by molar-refractivity contribution is -0.136. The van der Waals surface area contributed by atoms with Crippen LogP contribution in [0.5, 0.6) is 0 Å². The number of carboxylic acid groups (broad SMARTS) is 1. The van der Waals surface area contributed by atoms with E-state index < -0.39 is 5.97 Å². The zero-order chi connectivity index (χ0) is 17.8. The van der Waals surface area contributed by atoms with Gasteiger partial charge >= 0.3 is 5.97 Å². The quantitative estimate of drug-likeness (QED) is 0.862. The van der Waals surface area contributed by atoms with Gasteiger partial charge in [-0.05, 0) is 38.9 Å². The molecule has 134 valence electrons. The third-order valence-corrected chi connectivity index (χ3v) is 4.68. The maximum Gasteiger partial charge on any atom is 0.303 e. The second-order valence-corrected chi connectivity index (χ2v) is 6.80. The van der Waals surface area contributed by atoms with Crippen molar-refractivity contribution in [3.63, 3.8) is 0 Å². The Hall–Kier alpha value is -2.28. The number of aromatic nitrogens is 4. The molecule has 7 heteroatoms. The van der Waals surface area contributed by atoms with Gasteiger partial charge in [0, 0.05) is 49.1 Å². The van der Waals surface area contributed by atoms with Crippen LogP contribution in [0.4, 0.5) is 0 Å². The van der Waals surface area contributed by atoms with Crippen molar-refractivity contribution in [2.24, 2.45) is 7.05 Å². The summed E-state index contributed by atoms with van der Waals surface area (Å²) < 4.78 is 1.84. The third kappa shape index (κ3) is 4.85. The summed E-state index contributed by atoms with van der Waals surface area (Å²) in [5.41, 5.74) is 3.14. The topological polar surface area (TPSA) is 84.1 Å². The Morgan fingerprint density at radius 1 is 1.32 bits per heavy atom. The van der Waals surface area contributed by atoms with Gasteiger partial charge in [0.05, 0.1) is 12.6 Å². The number of rotatable bonds is 6. The molecule has 2 aromatic heterocycles. The summed E-state index contributed by atoms with van der Waals surface area (Å²) in [7, 11) is 1.94. The third-order valence-electron chi connectivity index (χ3n) is 4.68. The van der Waals surface area contributed by atoms with Gasteiger partial charge in [0.1, 0.15) is 5.82 Å². The summed E-state index contributed by atoms with van der Waals surface area (Å²) >= 11 is 0. The molecule has 7 nitrogen and oxygen atoms in total. The number of likely N-dealkylation sites (tertiary alicyclic amines) is 1. The van der Waals surface area contributed by atoms with Gasteiger partial charge in [-0.3, -0.25) is 14.4 Å². The highest BCUT2D eigenvalue weighted by atomic mass is 16.4. The number of aryl methyl sites for hydroxylation is 3. The summed E-state index contributed by atoms with van der Waals surface area (Å²) in [4.78, 5) is 22.2. The van der Waals surface area contributed by atoms with Crippen LogP contribution in [0.3, 0.4) is 0 Å². The minimum absolute atomic E-state index is 0.111. The SMILES string of the molecule is Cc1nc(CCC(=O)O)cc(C2CCN(Cc3cnn(C)c3)CC2)n1. The fourth-order valence-electron chi connectivity index (χ4n) is 3.43. The van der Waals surface area contributed by atoms with Crippen molar-refractivity contribution in [1.29, 1.82) is 0 Å². The summed E-state index contributed by atoms with van der Waals surface area (Å²) in [5.74, 6) is 0.368. The van der Waals surface area contributed by atoms with Crippen molar-refractivity contribution in [2.75, 3.05) is 13.1 Å². The average Bonchev–Trinajstić information content (AvgIpc) is 2.98. The number of carbonyl (C=O) groups is 1. The molecule has 2 aromatic rings. The van der Waals surface area contributed by atoms with E-state index in [4.69, 9.17) is 5.11 Å². The van der Waals surface area contributed by atoms with Crippen LogP contribution in [-0.4, -0.2) is 48.8 Å². The Bertz CT molecular complexity index is 735. The van der Waals surface area contributed by atoms with Gasteiger partial charge in [0.2, 0.25) is 0 Å². The Balaban J connectivity index is 1.59. The number of aliphatic carboxylic acids is 1. The van der Waals surface area contributed by atoms with E-state index in [2.05, 4.69) is 26.2 Å². The molecule has 0 saturated carbocycles. The number of carboxylic acids is 1. The molecule has 0 aliphatic carbocycles. The van der Waals surface area contributed by atoms with Crippen LogP contribution in [0, 0.1) is 6.92 Å². The Morgan fingerprint density at radius 2 is 2.08 bits per heavy atom. The first kappa shape index (κ1) is 17.5. The number of hydrogen-bond donors (Lipinski definition) is 1. The highest BCUT2D eigenvalue weighted by Crippen LogP contribution is 2.28. The maximum atomic E-state index is 10.8. The zero-order valence-corrected chi connectivity index (χ0v) is 14.9. The van der Waals surface area contributed by atoms with Crippen molar-refractivity contribution < 1.29 is 9.90 Å². The Labute approximate surface area is 147 Å². The zero-order valence-electron chi connectivity index (χ0n) is 14.9. The molecule has 0 bridgehead atoms. The first-order chi connectivity index (χ1) is 12.0. The molecule has 0 atom stereocenters. The minimum Gasteiger partial charge on any atom is -0.481 e. The average molecular weight is 343 g/mol. The Kier molecular flexibility index (Phi) is 5.43. The van der Waals surface area contributed by atoms with Gasteiger partial charge in [-0.1, -0.05) is 0 Å². The highest BCUT2D eigenvalue weighted by molar-refractivity contribution is 5.66. The van der Waals surface area contributed by atoms with Crippen LogP contribution >= 0.6 is 0 Å². The van der Waals surface area contributed by atoms with E-state index in [0.717, 1.165) is 49.7 Å². The van der Waals surface area contributed by atoms with Gasteiger partial charge < -0.3 is 5.11 Å². The monoisotopic (exact) mass is 343 g/mol. The van der Waals surface area contributed by atoms with Gasteiger partial charge in [0.15, 0.2) is 0 Å². The van der Waals surface area contributed by atoms with E-state index in [9.17, 15) is 4.79 Å². The van der Waals surface area contributed by atoms with Crippen molar-refractivity contribution in [2.45, 2.75) is 45.1 Å². The van der Waals surface area contributed by atoms with E-state index in [-0.39, 0.29) is 6.42 Å². The van der Waals surface area contributed by atoms with Crippen LogP contribution in [0.2, 0.25) is 0 Å². The summed E-state index contributed by atoms with van der Waals surface area (Å²) in [5, 5.41) is 13.1. The largest absolute Gasteiger partial charge is 0.481 e. The fourth-order valence-corrected chi connectivity index (χ4v) is 3.43. The summed E-state index contributed by atoms with van der Waals surface area (Å²) in [6.45, 7) is 4.89. The predicted octanol–water partition coefficient (Wildman–Crippen LogP) is 1.92. The van der Waals surface area contributed by atoms with Crippen molar-refractivity contribution in [1.82, 2.24) is 24.6 Å².